The van der Waals surface area contributed by atoms with E-state index in [0.29, 0.717) is 5.75 Å². The van der Waals surface area contributed by atoms with E-state index in [9.17, 15) is 4.79 Å². The largest absolute Gasteiger partial charge is 0.355 e. The van der Waals surface area contributed by atoms with E-state index >= 15 is 0 Å². The first-order valence-electron chi connectivity index (χ1n) is 8.79. The Morgan fingerprint density at radius 1 is 1.21 bits per heavy atom. The Morgan fingerprint density at radius 3 is 2.79 bits per heavy atom. The van der Waals surface area contributed by atoms with E-state index in [4.69, 9.17) is 0 Å². The number of likely N-dealkylation sites (tertiary alicyclic amines) is 1. The maximum absolute atomic E-state index is 12.0. The van der Waals surface area contributed by atoms with Gasteiger partial charge >= 0.3 is 0 Å². The van der Waals surface area contributed by atoms with Gasteiger partial charge in [-0.1, -0.05) is 36.7 Å². The van der Waals surface area contributed by atoms with Crippen molar-refractivity contribution < 1.29 is 4.79 Å². The summed E-state index contributed by atoms with van der Waals surface area (Å²) in [4.78, 5) is 19.1. The zero-order valence-corrected chi connectivity index (χ0v) is 15.6. The summed E-state index contributed by atoms with van der Waals surface area (Å²) in [7, 11) is 0. The smallest absolute Gasteiger partial charge is 0.230 e. The van der Waals surface area contributed by atoms with E-state index < -0.39 is 0 Å². The predicted molar refractivity (Wildman–Crippen MR) is 103 cm³/mol. The van der Waals surface area contributed by atoms with Crippen LogP contribution in [0.4, 0.5) is 0 Å². The number of thiazole rings is 1. The summed E-state index contributed by atoms with van der Waals surface area (Å²) in [5.41, 5.74) is 1.02. The van der Waals surface area contributed by atoms with Crippen molar-refractivity contribution in [1.29, 1.82) is 0 Å². The molecular formula is C18H25N3OS2. The molecule has 1 saturated heterocycles. The zero-order chi connectivity index (χ0) is 16.6. The van der Waals surface area contributed by atoms with Gasteiger partial charge in [0.25, 0.3) is 0 Å². The van der Waals surface area contributed by atoms with Crippen LogP contribution in [0, 0.1) is 0 Å². The Kier molecular flexibility index (Phi) is 6.93. The lowest BCUT2D eigenvalue weighted by atomic mass is 10.2. The Balaban J connectivity index is 1.32. The van der Waals surface area contributed by atoms with Gasteiger partial charge in [-0.05, 0) is 51.0 Å². The number of fused-ring (bicyclic) bond motifs is 1. The fraction of sp³-hybridized carbons (Fsp3) is 0.556. The molecule has 0 saturated carbocycles. The second kappa shape index (κ2) is 9.39. The number of carbonyl (C=O) groups is 1. The van der Waals surface area contributed by atoms with Gasteiger partial charge in [0.1, 0.15) is 0 Å². The van der Waals surface area contributed by atoms with E-state index in [1.165, 1.54) is 55.2 Å². The number of hydrogen-bond acceptors (Lipinski definition) is 5. The first kappa shape index (κ1) is 17.7. The molecule has 1 N–H and O–H groups in total. The van der Waals surface area contributed by atoms with E-state index in [-0.39, 0.29) is 5.91 Å². The SMILES string of the molecule is O=C(CSc1nc2ccccc2s1)NCCCN1CCCCCC1. The van der Waals surface area contributed by atoms with Gasteiger partial charge in [0.2, 0.25) is 5.91 Å². The molecule has 2 aromatic rings. The standard InChI is InChI=1S/C18H25N3OS2/c22-17(19-10-7-13-21-11-5-1-2-6-12-21)14-23-18-20-15-8-3-4-9-16(15)24-18/h3-4,8-9H,1-2,5-7,10-14H2,(H,19,22). The molecule has 0 radical (unpaired) electrons. The average molecular weight is 364 g/mol. The third kappa shape index (κ3) is 5.46. The number of rotatable bonds is 7. The second-order valence-electron chi connectivity index (χ2n) is 6.20. The van der Waals surface area contributed by atoms with Crippen LogP contribution in [0.2, 0.25) is 0 Å². The molecule has 4 nitrogen and oxygen atoms in total. The molecule has 1 aromatic carbocycles. The maximum atomic E-state index is 12.0. The van der Waals surface area contributed by atoms with E-state index in [1.54, 1.807) is 11.3 Å². The molecule has 130 valence electrons. The summed E-state index contributed by atoms with van der Waals surface area (Å²) in [6, 6.07) is 8.10. The normalized spacial score (nSPS) is 16.2. The van der Waals surface area contributed by atoms with E-state index in [2.05, 4.69) is 21.3 Å². The number of aromatic nitrogens is 1. The number of para-hydroxylation sites is 1. The number of carbonyl (C=O) groups excluding carboxylic acids is 1. The third-order valence-corrected chi connectivity index (χ3v) is 6.45. The molecule has 24 heavy (non-hydrogen) atoms. The summed E-state index contributed by atoms with van der Waals surface area (Å²) < 4.78 is 2.15. The summed E-state index contributed by atoms with van der Waals surface area (Å²) in [5.74, 6) is 0.555. The molecule has 6 heteroatoms. The number of hydrogen-bond donors (Lipinski definition) is 1. The summed E-state index contributed by atoms with van der Waals surface area (Å²) in [5, 5.41) is 3.03. The molecule has 0 aliphatic carbocycles. The molecule has 0 bridgehead atoms. The first-order chi connectivity index (χ1) is 11.8. The lowest BCUT2D eigenvalue weighted by molar-refractivity contribution is -0.118. The zero-order valence-electron chi connectivity index (χ0n) is 14.0. The van der Waals surface area contributed by atoms with Crippen molar-refractivity contribution in [2.45, 2.75) is 36.4 Å². The number of thioether (sulfide) groups is 1. The number of amides is 1. The van der Waals surface area contributed by atoms with Crippen molar-refractivity contribution >= 4 is 39.2 Å². The van der Waals surface area contributed by atoms with Crippen molar-refractivity contribution in [2.75, 3.05) is 31.9 Å². The molecule has 2 heterocycles. The summed E-state index contributed by atoms with van der Waals surface area (Å²) >= 11 is 3.18. The number of nitrogens with one attached hydrogen (secondary N) is 1. The molecule has 3 rings (SSSR count). The van der Waals surface area contributed by atoms with Gasteiger partial charge in [-0.3, -0.25) is 4.79 Å². The maximum Gasteiger partial charge on any atom is 0.230 e. The van der Waals surface area contributed by atoms with Crippen molar-refractivity contribution in [3.05, 3.63) is 24.3 Å². The number of benzene rings is 1. The second-order valence-corrected chi connectivity index (χ2v) is 8.45. The van der Waals surface area contributed by atoms with E-state index in [1.807, 2.05) is 18.2 Å². The minimum Gasteiger partial charge on any atom is -0.355 e. The van der Waals surface area contributed by atoms with Crippen LogP contribution in [0.1, 0.15) is 32.1 Å². The van der Waals surface area contributed by atoms with Crippen LogP contribution in [-0.2, 0) is 4.79 Å². The highest BCUT2D eigenvalue weighted by Crippen LogP contribution is 2.28. The van der Waals surface area contributed by atoms with Crippen LogP contribution < -0.4 is 5.32 Å². The highest BCUT2D eigenvalue weighted by Gasteiger charge is 2.09. The van der Waals surface area contributed by atoms with Crippen molar-refractivity contribution in [3.8, 4) is 0 Å². The van der Waals surface area contributed by atoms with Crippen LogP contribution in [0.15, 0.2) is 28.6 Å². The summed E-state index contributed by atoms with van der Waals surface area (Å²) in [6.45, 7) is 4.32. The van der Waals surface area contributed by atoms with Gasteiger partial charge in [0.15, 0.2) is 4.34 Å². The molecule has 0 spiro atoms. The molecular weight excluding hydrogens is 338 g/mol. The highest BCUT2D eigenvalue weighted by atomic mass is 32.2. The topological polar surface area (TPSA) is 45.2 Å². The highest BCUT2D eigenvalue weighted by molar-refractivity contribution is 8.01. The van der Waals surface area contributed by atoms with Crippen LogP contribution >= 0.6 is 23.1 Å². The molecule has 0 unspecified atom stereocenters. The van der Waals surface area contributed by atoms with Gasteiger partial charge in [0, 0.05) is 6.54 Å². The predicted octanol–water partition coefficient (Wildman–Crippen LogP) is 3.77. The minimum absolute atomic E-state index is 0.107. The van der Waals surface area contributed by atoms with Crippen molar-refractivity contribution in [2.24, 2.45) is 0 Å². The van der Waals surface area contributed by atoms with Gasteiger partial charge < -0.3 is 10.2 Å². The summed E-state index contributed by atoms with van der Waals surface area (Å²) in [6.07, 6.45) is 6.43. The van der Waals surface area contributed by atoms with E-state index in [0.717, 1.165) is 29.4 Å². The lowest BCUT2D eigenvalue weighted by Crippen LogP contribution is -2.31. The Morgan fingerprint density at radius 2 is 2.00 bits per heavy atom. The van der Waals surface area contributed by atoms with Gasteiger partial charge in [-0.15, -0.1) is 11.3 Å². The van der Waals surface area contributed by atoms with Crippen molar-refractivity contribution in [1.82, 2.24) is 15.2 Å². The first-order valence-corrected chi connectivity index (χ1v) is 10.6. The Labute approximate surface area is 152 Å². The quantitative estimate of drug-likeness (QED) is 0.601. The molecule has 1 aromatic heterocycles. The third-order valence-electron chi connectivity index (χ3n) is 4.27. The monoisotopic (exact) mass is 363 g/mol. The Hall–Kier alpha value is -1.11. The minimum atomic E-state index is 0.107. The molecule has 1 aliphatic heterocycles. The van der Waals surface area contributed by atoms with Gasteiger partial charge in [-0.25, -0.2) is 4.98 Å². The molecule has 1 fully saturated rings. The van der Waals surface area contributed by atoms with Crippen molar-refractivity contribution in [3.63, 3.8) is 0 Å². The molecule has 1 aliphatic rings. The van der Waals surface area contributed by atoms with Crippen LogP contribution in [0.5, 0.6) is 0 Å². The Bertz CT molecular complexity index is 618. The fourth-order valence-electron chi connectivity index (χ4n) is 2.98. The van der Waals surface area contributed by atoms with Crippen LogP contribution in [0.3, 0.4) is 0 Å². The van der Waals surface area contributed by atoms with Gasteiger partial charge in [-0.2, -0.15) is 0 Å². The number of nitrogens with zero attached hydrogens (tertiary/aromatic N) is 2. The van der Waals surface area contributed by atoms with Crippen LogP contribution in [-0.4, -0.2) is 47.7 Å². The lowest BCUT2D eigenvalue weighted by Gasteiger charge is -2.19. The average Bonchev–Trinajstić information content (AvgIpc) is 2.84. The molecule has 0 atom stereocenters. The fourth-order valence-corrected chi connectivity index (χ4v) is 4.88. The van der Waals surface area contributed by atoms with Crippen LogP contribution in [0.25, 0.3) is 10.2 Å². The molecule has 1 amide bonds. The van der Waals surface area contributed by atoms with Gasteiger partial charge in [0.05, 0.1) is 16.0 Å².